The molecule has 1 heterocycles. The first-order valence-electron chi connectivity index (χ1n) is 21.6. The molecular formula is C44H66N4O16. The standard InChI is InChI=1S/C44H66N4O16/c1-31(50)45-17-20-60-22-24-62-26-25-61-23-21-59-19-15-37(53)46-16-7-2-3-8-18-63-44(43(57)58)28-35(51)40(48-39(55)30-49)42(64-44)41(56)36(52)29-47-38(54)27-32-11-13-34(14-12-32)33-9-5-4-6-10-33/h4-6,9-14,35-36,40-42,49,51-52,56H,2-3,7-8,15-30H2,1H3,(H,45,50)(H,46,53)(H,47,54)(H,48,55)(H,57,58)/t35-,36+,40+,41+,42+,44+/m0/s1. The molecule has 1 fully saturated rings. The first-order valence-corrected chi connectivity index (χ1v) is 21.6. The van der Waals surface area contributed by atoms with Crippen LogP contribution < -0.4 is 21.3 Å². The molecule has 20 heteroatoms. The van der Waals surface area contributed by atoms with E-state index in [1.54, 1.807) is 12.1 Å². The van der Waals surface area contributed by atoms with Crippen LogP contribution in [0.5, 0.6) is 0 Å². The highest BCUT2D eigenvalue weighted by Crippen LogP contribution is 2.34. The van der Waals surface area contributed by atoms with E-state index in [1.807, 2.05) is 42.5 Å². The molecule has 3 rings (SSSR count). The Hall–Kier alpha value is -4.61. The Bertz CT molecular complexity index is 1670. The third-order valence-electron chi connectivity index (χ3n) is 9.97. The second-order valence-electron chi connectivity index (χ2n) is 15.1. The van der Waals surface area contributed by atoms with Gasteiger partial charge in [-0.05, 0) is 29.5 Å². The summed E-state index contributed by atoms with van der Waals surface area (Å²) in [6.07, 6.45) is -5.31. The monoisotopic (exact) mass is 906 g/mol. The minimum Gasteiger partial charge on any atom is -0.477 e. The van der Waals surface area contributed by atoms with Gasteiger partial charge in [0, 0.05) is 39.4 Å². The van der Waals surface area contributed by atoms with E-state index in [0.29, 0.717) is 90.6 Å². The van der Waals surface area contributed by atoms with Crippen LogP contribution in [0.1, 0.15) is 51.0 Å². The predicted octanol–water partition coefficient (Wildman–Crippen LogP) is -0.572. The van der Waals surface area contributed by atoms with Crippen molar-refractivity contribution >= 4 is 29.6 Å². The van der Waals surface area contributed by atoms with Crippen LogP contribution in [-0.2, 0) is 58.8 Å². The fourth-order valence-corrected chi connectivity index (χ4v) is 6.56. The molecule has 0 aliphatic carbocycles. The summed E-state index contributed by atoms with van der Waals surface area (Å²) in [5.41, 5.74) is 2.68. The predicted molar refractivity (Wildman–Crippen MR) is 229 cm³/mol. The van der Waals surface area contributed by atoms with Crippen LogP contribution in [0, 0.1) is 0 Å². The summed E-state index contributed by atoms with van der Waals surface area (Å²) < 4.78 is 33.0. The minimum absolute atomic E-state index is 0.0365. The number of unbranched alkanes of at least 4 members (excludes halogenated alkanes) is 3. The highest BCUT2D eigenvalue weighted by molar-refractivity contribution is 5.79. The van der Waals surface area contributed by atoms with E-state index >= 15 is 0 Å². The fourth-order valence-electron chi connectivity index (χ4n) is 6.56. The van der Waals surface area contributed by atoms with Gasteiger partial charge >= 0.3 is 5.97 Å². The van der Waals surface area contributed by atoms with Gasteiger partial charge in [0.15, 0.2) is 0 Å². The van der Waals surface area contributed by atoms with Gasteiger partial charge in [0.2, 0.25) is 23.6 Å². The summed E-state index contributed by atoms with van der Waals surface area (Å²) in [6, 6.07) is 15.6. The SMILES string of the molecule is CC(=O)NCCOCCOCCOCCOCCC(=O)NCCCCCCO[C@]1(C(=O)O)C[C@H](O)[C@@H](NC(=O)CO)[C@H]([C@H](O)[C@H](O)CNC(=O)Cc2ccc(-c3ccccc3)cc2)O1. The van der Waals surface area contributed by atoms with Gasteiger partial charge in [0.05, 0.1) is 84.1 Å². The van der Waals surface area contributed by atoms with Gasteiger partial charge in [-0.2, -0.15) is 0 Å². The van der Waals surface area contributed by atoms with Crippen LogP contribution in [0.3, 0.4) is 0 Å². The van der Waals surface area contributed by atoms with Crippen molar-refractivity contribution in [2.45, 2.75) is 88.1 Å². The molecule has 4 amide bonds. The Morgan fingerprint density at radius 2 is 1.33 bits per heavy atom. The number of ether oxygens (including phenoxy) is 6. The zero-order valence-electron chi connectivity index (χ0n) is 36.5. The van der Waals surface area contributed by atoms with Gasteiger partial charge in [-0.3, -0.25) is 19.2 Å². The topological polar surface area (TPSA) is 290 Å². The molecular weight excluding hydrogens is 840 g/mol. The van der Waals surface area contributed by atoms with Gasteiger partial charge in [0.25, 0.3) is 5.79 Å². The van der Waals surface area contributed by atoms with E-state index in [1.165, 1.54) is 6.92 Å². The van der Waals surface area contributed by atoms with E-state index in [0.717, 1.165) is 11.1 Å². The summed E-state index contributed by atoms with van der Waals surface area (Å²) in [7, 11) is 0. The summed E-state index contributed by atoms with van der Waals surface area (Å²) in [4.78, 5) is 60.4. The number of aliphatic hydroxyl groups excluding tert-OH is 4. The smallest absolute Gasteiger partial charge is 0.364 e. The molecule has 1 aliphatic rings. The Morgan fingerprint density at radius 3 is 1.95 bits per heavy atom. The van der Waals surface area contributed by atoms with Crippen LogP contribution in [0.15, 0.2) is 54.6 Å². The average Bonchev–Trinajstić information content (AvgIpc) is 3.28. The maximum absolute atomic E-state index is 12.8. The number of aliphatic hydroxyl groups is 4. The van der Waals surface area contributed by atoms with Crippen molar-refractivity contribution in [3.8, 4) is 11.1 Å². The van der Waals surface area contributed by atoms with Crippen molar-refractivity contribution in [2.24, 2.45) is 0 Å². The molecule has 0 unspecified atom stereocenters. The number of carbonyl (C=O) groups is 5. The number of hydrogen-bond donors (Lipinski definition) is 9. The minimum atomic E-state index is -2.47. The van der Waals surface area contributed by atoms with E-state index < -0.39 is 73.6 Å². The molecule has 2 aromatic carbocycles. The lowest BCUT2D eigenvalue weighted by atomic mass is 9.88. The van der Waals surface area contributed by atoms with Crippen LogP contribution in [0.2, 0.25) is 0 Å². The van der Waals surface area contributed by atoms with Crippen LogP contribution in [-0.4, -0.2) is 177 Å². The van der Waals surface area contributed by atoms with Gasteiger partial charge in [-0.25, -0.2) is 4.79 Å². The molecule has 0 saturated carbocycles. The molecule has 358 valence electrons. The molecule has 1 saturated heterocycles. The summed E-state index contributed by atoms with van der Waals surface area (Å²) >= 11 is 0. The summed E-state index contributed by atoms with van der Waals surface area (Å²) in [5.74, 6) is -5.78. The molecule has 9 N–H and O–H groups in total. The number of nitrogens with one attached hydrogen (secondary N) is 4. The van der Waals surface area contributed by atoms with Crippen molar-refractivity contribution in [3.63, 3.8) is 0 Å². The summed E-state index contributed by atoms with van der Waals surface area (Å²) in [6.45, 7) is 3.67. The number of hydrogen-bond acceptors (Lipinski definition) is 15. The van der Waals surface area contributed by atoms with E-state index in [9.17, 15) is 49.5 Å². The quantitative estimate of drug-likeness (QED) is 0.0406. The number of aliphatic carboxylic acids is 1. The fraction of sp³-hybridized carbons (Fsp3) is 0.614. The number of amides is 4. The van der Waals surface area contributed by atoms with Gasteiger partial charge in [-0.15, -0.1) is 0 Å². The molecule has 20 nitrogen and oxygen atoms in total. The number of carboxylic acids is 1. The van der Waals surface area contributed by atoms with Gasteiger partial charge in [0.1, 0.15) is 18.8 Å². The molecule has 2 aromatic rings. The molecule has 0 radical (unpaired) electrons. The largest absolute Gasteiger partial charge is 0.477 e. The average molecular weight is 907 g/mol. The third-order valence-corrected chi connectivity index (χ3v) is 9.97. The van der Waals surface area contributed by atoms with Crippen LogP contribution >= 0.6 is 0 Å². The normalized spacial score (nSPS) is 19.3. The number of benzene rings is 2. The van der Waals surface area contributed by atoms with Crippen molar-refractivity contribution < 1.29 is 77.9 Å². The second kappa shape index (κ2) is 30.5. The number of carbonyl (C=O) groups excluding carboxylic acids is 4. The van der Waals surface area contributed by atoms with Crippen molar-refractivity contribution in [1.82, 2.24) is 21.3 Å². The van der Waals surface area contributed by atoms with E-state index in [4.69, 9.17) is 28.4 Å². The number of rotatable bonds is 33. The van der Waals surface area contributed by atoms with Crippen molar-refractivity contribution in [1.29, 1.82) is 0 Å². The zero-order chi connectivity index (χ0) is 46.6. The molecule has 0 spiro atoms. The third kappa shape index (κ3) is 20.5. The zero-order valence-corrected chi connectivity index (χ0v) is 36.5. The number of carboxylic acid groups (broad SMARTS) is 1. The maximum Gasteiger partial charge on any atom is 0.364 e. The lowest BCUT2D eigenvalue weighted by molar-refractivity contribution is -0.310. The van der Waals surface area contributed by atoms with E-state index in [-0.39, 0.29) is 37.9 Å². The summed E-state index contributed by atoms with van der Waals surface area (Å²) in [5, 5.41) is 63.0. The Morgan fingerprint density at radius 1 is 0.719 bits per heavy atom. The van der Waals surface area contributed by atoms with Crippen LogP contribution in [0.25, 0.3) is 11.1 Å². The second-order valence-corrected chi connectivity index (χ2v) is 15.1. The van der Waals surface area contributed by atoms with E-state index in [2.05, 4.69) is 21.3 Å². The highest BCUT2D eigenvalue weighted by atomic mass is 16.7. The molecule has 0 aromatic heterocycles. The highest BCUT2D eigenvalue weighted by Gasteiger charge is 2.55. The first-order chi connectivity index (χ1) is 30.8. The lowest BCUT2D eigenvalue weighted by Gasteiger charge is -2.46. The van der Waals surface area contributed by atoms with Crippen molar-refractivity contribution in [2.75, 3.05) is 85.7 Å². The molecule has 0 bridgehead atoms. The maximum atomic E-state index is 12.8. The first kappa shape index (κ1) is 53.7. The molecule has 64 heavy (non-hydrogen) atoms. The Kier molecular flexibility index (Phi) is 25.6. The Balaban J connectivity index is 1.33. The van der Waals surface area contributed by atoms with Crippen LogP contribution in [0.4, 0.5) is 0 Å². The molecule has 1 aliphatic heterocycles. The van der Waals surface area contributed by atoms with Gasteiger partial charge < -0.3 is 75.2 Å². The lowest BCUT2D eigenvalue weighted by Crippen LogP contribution is -2.68. The molecule has 6 atom stereocenters. The van der Waals surface area contributed by atoms with Crippen molar-refractivity contribution in [3.05, 3.63) is 60.2 Å². The van der Waals surface area contributed by atoms with Gasteiger partial charge in [-0.1, -0.05) is 67.4 Å². The Labute approximate surface area is 373 Å².